The summed E-state index contributed by atoms with van der Waals surface area (Å²) in [5.41, 5.74) is 4.10. The van der Waals surface area contributed by atoms with E-state index in [-0.39, 0.29) is 0 Å². The van der Waals surface area contributed by atoms with Crippen molar-refractivity contribution in [1.82, 2.24) is 0 Å². The number of unbranched alkanes of at least 4 members (excludes halogenated alkanes) is 7. The lowest BCUT2D eigenvalue weighted by molar-refractivity contribution is 0.302. The molecule has 164 valence electrons. The number of ether oxygens (including phenoxy) is 1. The van der Waals surface area contributed by atoms with Gasteiger partial charge in [-0.3, -0.25) is 0 Å². The third-order valence-corrected chi connectivity index (χ3v) is 7.12. The van der Waals surface area contributed by atoms with E-state index in [0.717, 1.165) is 17.6 Å². The van der Waals surface area contributed by atoms with Crippen LogP contribution in [-0.2, 0) is 0 Å². The Morgan fingerprint density at radius 2 is 1.20 bits per heavy atom. The molecule has 1 aliphatic carbocycles. The molecule has 0 saturated heterocycles. The molecule has 1 heteroatoms. The Kier molecular flexibility index (Phi) is 9.80. The fraction of sp³-hybridized carbons (Fsp3) is 0.586. The van der Waals surface area contributed by atoms with E-state index in [2.05, 4.69) is 43.3 Å². The van der Waals surface area contributed by atoms with Crippen molar-refractivity contribution in [3.05, 3.63) is 54.1 Å². The molecule has 0 aliphatic heterocycles. The van der Waals surface area contributed by atoms with E-state index in [4.69, 9.17) is 4.74 Å². The Hall–Kier alpha value is -1.76. The van der Waals surface area contributed by atoms with Crippen LogP contribution in [0.2, 0.25) is 0 Å². The first-order valence-electron chi connectivity index (χ1n) is 12.5. The van der Waals surface area contributed by atoms with Crippen LogP contribution in [0.1, 0.15) is 102 Å². The highest BCUT2D eigenvalue weighted by Crippen LogP contribution is 2.38. The largest absolute Gasteiger partial charge is 0.497 e. The molecule has 1 aliphatic rings. The minimum Gasteiger partial charge on any atom is -0.497 e. The predicted molar refractivity (Wildman–Crippen MR) is 130 cm³/mol. The van der Waals surface area contributed by atoms with Crippen LogP contribution in [0.15, 0.2) is 48.5 Å². The van der Waals surface area contributed by atoms with Gasteiger partial charge in [0.1, 0.15) is 5.75 Å². The lowest BCUT2D eigenvalue weighted by Gasteiger charge is -2.29. The Morgan fingerprint density at radius 3 is 1.77 bits per heavy atom. The average molecular weight is 407 g/mol. The Balaban J connectivity index is 1.35. The molecule has 0 aromatic heterocycles. The van der Waals surface area contributed by atoms with E-state index >= 15 is 0 Å². The van der Waals surface area contributed by atoms with Gasteiger partial charge < -0.3 is 4.74 Å². The molecule has 0 spiro atoms. The summed E-state index contributed by atoms with van der Waals surface area (Å²) in [5.74, 6) is 2.67. The predicted octanol–water partition coefficient (Wildman–Crippen LogP) is 9.17. The molecule has 1 fully saturated rings. The van der Waals surface area contributed by atoms with Crippen molar-refractivity contribution in [3.63, 3.8) is 0 Å². The first-order valence-corrected chi connectivity index (χ1v) is 12.5. The quantitative estimate of drug-likeness (QED) is 0.319. The van der Waals surface area contributed by atoms with Crippen LogP contribution in [0, 0.1) is 5.92 Å². The summed E-state index contributed by atoms with van der Waals surface area (Å²) in [6.07, 6.45) is 18.6. The number of benzene rings is 2. The lowest BCUT2D eigenvalue weighted by Crippen LogP contribution is -2.13. The molecule has 0 heterocycles. The standard InChI is InChI=1S/C29H42O/c1-3-4-5-6-7-8-9-10-11-24-12-14-25(15-13-24)26-16-18-27(19-17-26)28-20-22-29(30-2)23-21-28/h16-25H,3-15H2,1-2H3. The zero-order chi connectivity index (χ0) is 21.0. The van der Waals surface area contributed by atoms with Crippen molar-refractivity contribution < 1.29 is 4.74 Å². The molecule has 0 unspecified atom stereocenters. The van der Waals surface area contributed by atoms with Gasteiger partial charge in [0.25, 0.3) is 0 Å². The summed E-state index contributed by atoms with van der Waals surface area (Å²) in [4.78, 5) is 0. The third kappa shape index (κ3) is 7.18. The normalized spacial score (nSPS) is 19.0. The van der Waals surface area contributed by atoms with Gasteiger partial charge in [0.2, 0.25) is 0 Å². The van der Waals surface area contributed by atoms with Crippen LogP contribution in [0.4, 0.5) is 0 Å². The van der Waals surface area contributed by atoms with E-state index in [0.29, 0.717) is 0 Å². The Bertz CT molecular complexity index is 692. The first-order chi connectivity index (χ1) is 14.8. The minimum absolute atomic E-state index is 0.768. The number of hydrogen-bond acceptors (Lipinski definition) is 1. The van der Waals surface area contributed by atoms with Gasteiger partial charge in [0.05, 0.1) is 7.11 Å². The van der Waals surface area contributed by atoms with Gasteiger partial charge in [-0.1, -0.05) is 101 Å². The summed E-state index contributed by atoms with van der Waals surface area (Å²) in [7, 11) is 1.72. The smallest absolute Gasteiger partial charge is 0.118 e. The fourth-order valence-electron chi connectivity index (χ4n) is 5.08. The summed E-state index contributed by atoms with van der Waals surface area (Å²) < 4.78 is 5.27. The maximum Gasteiger partial charge on any atom is 0.118 e. The first kappa shape index (κ1) is 22.9. The molecular formula is C29H42O. The molecule has 1 saturated carbocycles. The summed E-state index contributed by atoms with van der Waals surface area (Å²) in [5, 5.41) is 0. The second kappa shape index (κ2) is 12.8. The molecule has 0 N–H and O–H groups in total. The fourth-order valence-corrected chi connectivity index (χ4v) is 5.08. The number of methoxy groups -OCH3 is 1. The second-order valence-electron chi connectivity index (χ2n) is 9.33. The van der Waals surface area contributed by atoms with E-state index in [1.54, 1.807) is 7.11 Å². The molecule has 2 aromatic rings. The summed E-state index contributed by atoms with van der Waals surface area (Å²) in [6.45, 7) is 2.30. The molecule has 0 atom stereocenters. The van der Waals surface area contributed by atoms with Gasteiger partial charge in [-0.25, -0.2) is 0 Å². The second-order valence-corrected chi connectivity index (χ2v) is 9.33. The van der Waals surface area contributed by atoms with Crippen molar-refractivity contribution in [1.29, 1.82) is 0 Å². The Morgan fingerprint density at radius 1 is 0.667 bits per heavy atom. The van der Waals surface area contributed by atoms with Crippen molar-refractivity contribution in [2.24, 2.45) is 5.92 Å². The van der Waals surface area contributed by atoms with Crippen LogP contribution in [-0.4, -0.2) is 7.11 Å². The summed E-state index contributed by atoms with van der Waals surface area (Å²) in [6, 6.07) is 17.7. The topological polar surface area (TPSA) is 9.23 Å². The molecular weight excluding hydrogens is 364 g/mol. The SMILES string of the molecule is CCCCCCCCCCC1CCC(c2ccc(-c3ccc(OC)cc3)cc2)CC1. The highest BCUT2D eigenvalue weighted by atomic mass is 16.5. The van der Waals surface area contributed by atoms with Gasteiger partial charge in [-0.05, 0) is 66.3 Å². The maximum absolute atomic E-state index is 5.27. The third-order valence-electron chi connectivity index (χ3n) is 7.12. The van der Waals surface area contributed by atoms with E-state index in [9.17, 15) is 0 Å². The zero-order valence-electron chi connectivity index (χ0n) is 19.4. The zero-order valence-corrected chi connectivity index (χ0v) is 19.4. The van der Waals surface area contributed by atoms with Crippen LogP contribution in [0.25, 0.3) is 11.1 Å². The van der Waals surface area contributed by atoms with Crippen LogP contribution in [0.3, 0.4) is 0 Å². The van der Waals surface area contributed by atoms with E-state index in [1.807, 2.05) is 12.1 Å². The Labute approximate surface area is 185 Å². The van der Waals surface area contributed by atoms with Crippen LogP contribution in [0.5, 0.6) is 5.75 Å². The van der Waals surface area contributed by atoms with Gasteiger partial charge >= 0.3 is 0 Å². The molecule has 3 rings (SSSR count). The summed E-state index contributed by atoms with van der Waals surface area (Å²) >= 11 is 0. The van der Waals surface area contributed by atoms with Gasteiger partial charge in [-0.2, -0.15) is 0 Å². The molecule has 30 heavy (non-hydrogen) atoms. The minimum atomic E-state index is 0.768. The lowest BCUT2D eigenvalue weighted by atomic mass is 9.77. The maximum atomic E-state index is 5.27. The van der Waals surface area contributed by atoms with Gasteiger partial charge in [0.15, 0.2) is 0 Å². The van der Waals surface area contributed by atoms with E-state index < -0.39 is 0 Å². The molecule has 0 bridgehead atoms. The monoisotopic (exact) mass is 406 g/mol. The van der Waals surface area contributed by atoms with Crippen LogP contribution < -0.4 is 4.74 Å². The van der Waals surface area contributed by atoms with Gasteiger partial charge in [0, 0.05) is 0 Å². The van der Waals surface area contributed by atoms with Crippen molar-refractivity contribution >= 4 is 0 Å². The van der Waals surface area contributed by atoms with Gasteiger partial charge in [-0.15, -0.1) is 0 Å². The highest BCUT2D eigenvalue weighted by molar-refractivity contribution is 5.64. The van der Waals surface area contributed by atoms with Crippen molar-refractivity contribution in [2.75, 3.05) is 7.11 Å². The number of hydrogen-bond donors (Lipinski definition) is 0. The molecule has 2 aromatic carbocycles. The van der Waals surface area contributed by atoms with Crippen molar-refractivity contribution in [3.8, 4) is 16.9 Å². The number of rotatable bonds is 12. The molecule has 0 radical (unpaired) electrons. The molecule has 1 nitrogen and oxygen atoms in total. The molecule has 0 amide bonds. The average Bonchev–Trinajstić information content (AvgIpc) is 2.81. The van der Waals surface area contributed by atoms with Crippen LogP contribution >= 0.6 is 0 Å². The van der Waals surface area contributed by atoms with Crippen molar-refractivity contribution in [2.45, 2.75) is 96.3 Å². The highest BCUT2D eigenvalue weighted by Gasteiger charge is 2.22. The van der Waals surface area contributed by atoms with E-state index in [1.165, 1.54) is 100 Å².